The van der Waals surface area contributed by atoms with E-state index in [-0.39, 0.29) is 0 Å². The van der Waals surface area contributed by atoms with Gasteiger partial charge in [-0.25, -0.2) is 0 Å². The molecule has 0 aromatic rings. The average Bonchev–Trinajstić information content (AvgIpc) is 2.57. The minimum Gasteiger partial charge on any atom is -0.390 e. The van der Waals surface area contributed by atoms with Crippen molar-refractivity contribution in [1.29, 1.82) is 0 Å². The second-order valence-corrected chi connectivity index (χ2v) is 8.48. The molecule has 1 heteroatoms. The van der Waals surface area contributed by atoms with Crippen LogP contribution >= 0.6 is 0 Å². The highest BCUT2D eigenvalue weighted by atomic mass is 16.3. The lowest BCUT2D eigenvalue weighted by atomic mass is 9.92. The number of unbranched alkanes of at least 4 members (excludes halogenated alkanes) is 11. The predicted molar refractivity (Wildman–Crippen MR) is 114 cm³/mol. The molecule has 0 radical (unpaired) electrons. The van der Waals surface area contributed by atoms with Crippen molar-refractivity contribution in [2.45, 2.75) is 142 Å². The first-order valence-corrected chi connectivity index (χ1v) is 11.4. The number of allylic oxidation sites excluding steroid dienone is 2. The second-order valence-electron chi connectivity index (χ2n) is 8.48. The fourth-order valence-corrected chi connectivity index (χ4v) is 3.48. The van der Waals surface area contributed by atoms with Crippen LogP contribution in [0.2, 0.25) is 0 Å². The summed E-state index contributed by atoms with van der Waals surface area (Å²) in [5, 5.41) is 10.5. The molecule has 0 spiro atoms. The number of hydrogen-bond acceptors (Lipinski definition) is 1. The van der Waals surface area contributed by atoms with Crippen molar-refractivity contribution in [3.05, 3.63) is 11.6 Å². The summed E-state index contributed by atoms with van der Waals surface area (Å²) in [5.74, 6) is 0. The summed E-state index contributed by atoms with van der Waals surface area (Å²) in [7, 11) is 0. The van der Waals surface area contributed by atoms with Crippen LogP contribution in [0.5, 0.6) is 0 Å². The van der Waals surface area contributed by atoms with E-state index in [1.54, 1.807) is 0 Å². The van der Waals surface area contributed by atoms with E-state index in [9.17, 15) is 5.11 Å². The van der Waals surface area contributed by atoms with Gasteiger partial charge in [-0.2, -0.15) is 0 Å². The van der Waals surface area contributed by atoms with Crippen LogP contribution in [0, 0.1) is 0 Å². The third-order valence-electron chi connectivity index (χ3n) is 5.42. The Hall–Kier alpha value is -0.300. The molecule has 0 bridgehead atoms. The van der Waals surface area contributed by atoms with Gasteiger partial charge in [0.2, 0.25) is 0 Å². The topological polar surface area (TPSA) is 20.2 Å². The Kier molecular flexibility index (Phi) is 16.9. The summed E-state index contributed by atoms with van der Waals surface area (Å²) < 4.78 is 0. The molecular weight excluding hydrogens is 304 g/mol. The highest BCUT2D eigenvalue weighted by Gasteiger charge is 2.18. The summed E-state index contributed by atoms with van der Waals surface area (Å²) in [6, 6.07) is 0. The van der Waals surface area contributed by atoms with E-state index in [0.29, 0.717) is 0 Å². The lowest BCUT2D eigenvalue weighted by molar-refractivity contribution is 0.0402. The van der Waals surface area contributed by atoms with Gasteiger partial charge in [-0.3, -0.25) is 0 Å². The van der Waals surface area contributed by atoms with Crippen LogP contribution in [0.25, 0.3) is 0 Å². The molecule has 0 aliphatic carbocycles. The standard InChI is InChI=1S/C24H48O/c1-5-7-9-10-11-12-13-14-15-16-17-21-24(4,25)22-18-20-23(3)19-8-6-2/h20,25H,5-19,21-22H2,1-4H3. The maximum atomic E-state index is 10.5. The molecule has 1 atom stereocenters. The van der Waals surface area contributed by atoms with Gasteiger partial charge in [-0.15, -0.1) is 0 Å². The lowest BCUT2D eigenvalue weighted by Gasteiger charge is -2.22. The molecule has 25 heavy (non-hydrogen) atoms. The van der Waals surface area contributed by atoms with Crippen LogP contribution in [0.15, 0.2) is 11.6 Å². The van der Waals surface area contributed by atoms with Gasteiger partial charge in [-0.05, 0) is 46.0 Å². The van der Waals surface area contributed by atoms with E-state index >= 15 is 0 Å². The average molecular weight is 353 g/mol. The quantitative estimate of drug-likeness (QED) is 0.194. The first-order valence-electron chi connectivity index (χ1n) is 11.4. The molecule has 0 aliphatic rings. The summed E-state index contributed by atoms with van der Waals surface area (Å²) in [4.78, 5) is 0. The number of rotatable bonds is 18. The van der Waals surface area contributed by atoms with E-state index in [1.165, 1.54) is 95.5 Å². The predicted octanol–water partition coefficient (Wildman–Crippen LogP) is 8.36. The second kappa shape index (κ2) is 17.1. The van der Waals surface area contributed by atoms with Crippen molar-refractivity contribution in [2.24, 2.45) is 0 Å². The van der Waals surface area contributed by atoms with Gasteiger partial charge >= 0.3 is 0 Å². The Balaban J connectivity index is 3.50. The molecule has 0 aromatic heterocycles. The van der Waals surface area contributed by atoms with Crippen LogP contribution in [0.4, 0.5) is 0 Å². The molecule has 0 aliphatic heterocycles. The largest absolute Gasteiger partial charge is 0.390 e. The zero-order valence-corrected chi connectivity index (χ0v) is 18.0. The van der Waals surface area contributed by atoms with Crippen molar-refractivity contribution < 1.29 is 5.11 Å². The van der Waals surface area contributed by atoms with Crippen LogP contribution in [-0.2, 0) is 0 Å². The molecule has 1 nitrogen and oxygen atoms in total. The molecule has 0 heterocycles. The zero-order chi connectivity index (χ0) is 18.8. The highest BCUT2D eigenvalue weighted by molar-refractivity contribution is 4.98. The van der Waals surface area contributed by atoms with Crippen molar-refractivity contribution in [3.8, 4) is 0 Å². The van der Waals surface area contributed by atoms with E-state index in [4.69, 9.17) is 0 Å². The third kappa shape index (κ3) is 18.3. The highest BCUT2D eigenvalue weighted by Crippen LogP contribution is 2.22. The fourth-order valence-electron chi connectivity index (χ4n) is 3.48. The summed E-state index contributed by atoms with van der Waals surface area (Å²) >= 11 is 0. The summed E-state index contributed by atoms with van der Waals surface area (Å²) in [5.41, 5.74) is 1.02. The van der Waals surface area contributed by atoms with Gasteiger partial charge < -0.3 is 5.11 Å². The molecule has 0 saturated heterocycles. The molecule has 0 saturated carbocycles. The summed E-state index contributed by atoms with van der Waals surface area (Å²) in [6.07, 6.45) is 24.1. The van der Waals surface area contributed by atoms with Crippen LogP contribution in [-0.4, -0.2) is 10.7 Å². The maximum Gasteiger partial charge on any atom is 0.0622 e. The molecule has 0 aromatic carbocycles. The minimum absolute atomic E-state index is 0.471. The third-order valence-corrected chi connectivity index (χ3v) is 5.42. The van der Waals surface area contributed by atoms with Gasteiger partial charge in [0.25, 0.3) is 0 Å². The number of hydrogen-bond donors (Lipinski definition) is 1. The minimum atomic E-state index is -0.471. The normalized spacial score (nSPS) is 14.7. The Labute approximate surface area is 159 Å². The van der Waals surface area contributed by atoms with Crippen LogP contribution in [0.3, 0.4) is 0 Å². The van der Waals surface area contributed by atoms with Gasteiger partial charge in [-0.1, -0.05) is 103 Å². The Morgan fingerprint density at radius 2 is 1.20 bits per heavy atom. The van der Waals surface area contributed by atoms with E-state index in [0.717, 1.165) is 19.3 Å². The molecule has 0 fully saturated rings. The fraction of sp³-hybridized carbons (Fsp3) is 0.917. The van der Waals surface area contributed by atoms with Gasteiger partial charge in [0.15, 0.2) is 0 Å². The van der Waals surface area contributed by atoms with Crippen molar-refractivity contribution in [2.75, 3.05) is 0 Å². The molecular formula is C24H48O. The molecule has 1 unspecified atom stereocenters. The number of aliphatic hydroxyl groups is 1. The summed E-state index contributed by atoms with van der Waals surface area (Å²) in [6.45, 7) is 8.78. The first kappa shape index (κ1) is 24.7. The van der Waals surface area contributed by atoms with Crippen molar-refractivity contribution in [3.63, 3.8) is 0 Å². The molecule has 1 N–H and O–H groups in total. The van der Waals surface area contributed by atoms with E-state index < -0.39 is 5.60 Å². The van der Waals surface area contributed by atoms with Crippen molar-refractivity contribution in [1.82, 2.24) is 0 Å². The molecule has 0 rings (SSSR count). The van der Waals surface area contributed by atoms with Gasteiger partial charge in [0.1, 0.15) is 0 Å². The Morgan fingerprint density at radius 1 is 0.720 bits per heavy atom. The van der Waals surface area contributed by atoms with Crippen LogP contribution < -0.4 is 0 Å². The Morgan fingerprint density at radius 3 is 1.72 bits per heavy atom. The van der Waals surface area contributed by atoms with E-state index in [2.05, 4.69) is 26.8 Å². The Bertz CT molecular complexity index is 303. The van der Waals surface area contributed by atoms with Gasteiger partial charge in [0, 0.05) is 0 Å². The van der Waals surface area contributed by atoms with Gasteiger partial charge in [0.05, 0.1) is 5.60 Å². The maximum absolute atomic E-state index is 10.5. The smallest absolute Gasteiger partial charge is 0.0622 e. The SMILES string of the molecule is CCCCCCCCCCCCCC(C)(O)CCC=C(C)CCCC. The monoisotopic (exact) mass is 352 g/mol. The molecule has 150 valence electrons. The lowest BCUT2D eigenvalue weighted by Crippen LogP contribution is -2.23. The first-order chi connectivity index (χ1) is 12.0. The van der Waals surface area contributed by atoms with Crippen molar-refractivity contribution >= 4 is 0 Å². The van der Waals surface area contributed by atoms with Crippen LogP contribution in [0.1, 0.15) is 137 Å². The molecule has 0 amide bonds. The zero-order valence-electron chi connectivity index (χ0n) is 18.0. The van der Waals surface area contributed by atoms with E-state index in [1.807, 2.05) is 6.92 Å².